The third-order valence-corrected chi connectivity index (χ3v) is 3.69. The summed E-state index contributed by atoms with van der Waals surface area (Å²) < 4.78 is 5.22. The Kier molecular flexibility index (Phi) is 5.70. The first kappa shape index (κ1) is 17.0. The highest BCUT2D eigenvalue weighted by Gasteiger charge is 2.30. The van der Waals surface area contributed by atoms with Gasteiger partial charge in [0.2, 0.25) is 11.8 Å². The molecular formula is C16H20N2O5. The molecule has 0 spiro atoms. The minimum Gasteiger partial charge on any atom is -0.481 e. The SMILES string of the molecule is Cc1ccccc1NC(=O)CC(=O)N1CCOC[C@H]1CC(=O)O. The molecule has 7 nitrogen and oxygen atoms in total. The van der Waals surface area contributed by atoms with E-state index >= 15 is 0 Å². The lowest BCUT2D eigenvalue weighted by molar-refractivity contribution is -0.147. The number of para-hydroxylation sites is 1. The molecule has 1 heterocycles. The van der Waals surface area contributed by atoms with Crippen molar-refractivity contribution in [1.29, 1.82) is 0 Å². The molecule has 7 heteroatoms. The number of hydrogen-bond donors (Lipinski definition) is 2. The van der Waals surface area contributed by atoms with Gasteiger partial charge < -0.3 is 20.1 Å². The number of morpholine rings is 1. The topological polar surface area (TPSA) is 95.9 Å². The molecule has 1 fully saturated rings. The number of anilines is 1. The number of amides is 2. The summed E-state index contributed by atoms with van der Waals surface area (Å²) in [5.74, 6) is -1.79. The lowest BCUT2D eigenvalue weighted by Gasteiger charge is -2.34. The van der Waals surface area contributed by atoms with E-state index in [1.807, 2.05) is 19.1 Å². The zero-order valence-corrected chi connectivity index (χ0v) is 12.9. The number of ether oxygens (including phenoxy) is 1. The monoisotopic (exact) mass is 320 g/mol. The maximum absolute atomic E-state index is 12.3. The van der Waals surface area contributed by atoms with E-state index in [9.17, 15) is 14.4 Å². The average molecular weight is 320 g/mol. The summed E-state index contributed by atoms with van der Waals surface area (Å²) in [5, 5.41) is 11.6. The standard InChI is InChI=1S/C16H20N2O5/c1-11-4-2-3-5-13(11)17-14(19)9-15(20)18-6-7-23-10-12(18)8-16(21)22/h2-5,12H,6-10H2,1H3,(H,17,19)(H,21,22)/t12-/m1/s1. The summed E-state index contributed by atoms with van der Waals surface area (Å²) >= 11 is 0. The van der Waals surface area contributed by atoms with Crippen molar-refractivity contribution in [2.24, 2.45) is 0 Å². The fourth-order valence-electron chi connectivity index (χ4n) is 2.50. The normalized spacial score (nSPS) is 17.6. The van der Waals surface area contributed by atoms with Gasteiger partial charge in [-0.15, -0.1) is 0 Å². The van der Waals surface area contributed by atoms with Crippen molar-refractivity contribution in [2.45, 2.75) is 25.8 Å². The number of carbonyl (C=O) groups excluding carboxylic acids is 2. The third-order valence-electron chi connectivity index (χ3n) is 3.69. The van der Waals surface area contributed by atoms with Gasteiger partial charge in [-0.1, -0.05) is 18.2 Å². The molecule has 1 atom stereocenters. The van der Waals surface area contributed by atoms with E-state index in [4.69, 9.17) is 9.84 Å². The molecule has 1 saturated heterocycles. The quantitative estimate of drug-likeness (QED) is 0.790. The number of carbonyl (C=O) groups is 3. The van der Waals surface area contributed by atoms with E-state index < -0.39 is 17.9 Å². The van der Waals surface area contributed by atoms with Gasteiger partial charge in [-0.05, 0) is 18.6 Å². The molecule has 1 aromatic rings. The number of nitrogens with one attached hydrogen (secondary N) is 1. The minimum absolute atomic E-state index is 0.178. The van der Waals surface area contributed by atoms with Crippen LogP contribution in [0.1, 0.15) is 18.4 Å². The average Bonchev–Trinajstić information content (AvgIpc) is 2.49. The summed E-state index contributed by atoms with van der Waals surface area (Å²) in [7, 11) is 0. The van der Waals surface area contributed by atoms with E-state index in [0.717, 1.165) is 5.56 Å². The van der Waals surface area contributed by atoms with Gasteiger partial charge in [-0.3, -0.25) is 14.4 Å². The van der Waals surface area contributed by atoms with Crippen molar-refractivity contribution >= 4 is 23.5 Å². The first-order chi connectivity index (χ1) is 11.0. The maximum atomic E-state index is 12.3. The van der Waals surface area contributed by atoms with Gasteiger partial charge in [-0.2, -0.15) is 0 Å². The number of hydrogen-bond acceptors (Lipinski definition) is 4. The van der Waals surface area contributed by atoms with Crippen LogP contribution in [-0.2, 0) is 19.1 Å². The Bertz CT molecular complexity index is 602. The van der Waals surface area contributed by atoms with Crippen LogP contribution >= 0.6 is 0 Å². The highest BCUT2D eigenvalue weighted by molar-refractivity contribution is 6.04. The molecule has 0 radical (unpaired) electrons. The Morgan fingerprint density at radius 2 is 2.09 bits per heavy atom. The number of benzene rings is 1. The fourth-order valence-corrected chi connectivity index (χ4v) is 2.50. The lowest BCUT2D eigenvalue weighted by atomic mass is 10.1. The number of rotatable bonds is 5. The number of carboxylic acid groups (broad SMARTS) is 1. The Labute approximate surface area is 134 Å². The molecule has 1 aliphatic heterocycles. The number of nitrogens with zero attached hydrogens (tertiary/aromatic N) is 1. The number of aryl methyl sites for hydroxylation is 1. The van der Waals surface area contributed by atoms with Gasteiger partial charge in [-0.25, -0.2) is 0 Å². The van der Waals surface area contributed by atoms with E-state index in [1.54, 1.807) is 12.1 Å². The van der Waals surface area contributed by atoms with E-state index in [1.165, 1.54) is 4.90 Å². The van der Waals surface area contributed by atoms with Gasteiger partial charge in [0, 0.05) is 12.2 Å². The molecule has 0 saturated carbocycles. The van der Waals surface area contributed by atoms with Crippen LogP contribution in [0.15, 0.2) is 24.3 Å². The van der Waals surface area contributed by atoms with Crippen LogP contribution in [0.2, 0.25) is 0 Å². The van der Waals surface area contributed by atoms with Gasteiger partial charge in [0.1, 0.15) is 6.42 Å². The Balaban J connectivity index is 1.95. The first-order valence-electron chi connectivity index (χ1n) is 7.42. The van der Waals surface area contributed by atoms with E-state index in [0.29, 0.717) is 18.8 Å². The molecule has 2 amide bonds. The molecule has 0 aromatic heterocycles. The Morgan fingerprint density at radius 3 is 2.78 bits per heavy atom. The van der Waals surface area contributed by atoms with Gasteiger partial charge in [0.05, 0.1) is 25.7 Å². The summed E-state index contributed by atoms with van der Waals surface area (Å²) in [6, 6.07) is 6.76. The number of aliphatic carboxylic acids is 1. The smallest absolute Gasteiger partial charge is 0.305 e. The third kappa shape index (κ3) is 4.79. The van der Waals surface area contributed by atoms with Gasteiger partial charge in [0.25, 0.3) is 0 Å². The highest BCUT2D eigenvalue weighted by atomic mass is 16.5. The summed E-state index contributed by atoms with van der Waals surface area (Å²) in [6.07, 6.45) is -0.504. The zero-order chi connectivity index (χ0) is 16.8. The van der Waals surface area contributed by atoms with Crippen LogP contribution in [0.25, 0.3) is 0 Å². The second kappa shape index (κ2) is 7.73. The maximum Gasteiger partial charge on any atom is 0.305 e. The van der Waals surface area contributed by atoms with E-state index in [-0.39, 0.29) is 25.4 Å². The van der Waals surface area contributed by atoms with E-state index in [2.05, 4.69) is 5.32 Å². The fraction of sp³-hybridized carbons (Fsp3) is 0.438. The van der Waals surface area contributed by atoms with Crippen LogP contribution in [0, 0.1) is 6.92 Å². The second-order valence-electron chi connectivity index (χ2n) is 5.45. The van der Waals surface area contributed by atoms with Crippen molar-refractivity contribution in [2.75, 3.05) is 25.1 Å². The van der Waals surface area contributed by atoms with Crippen molar-refractivity contribution in [1.82, 2.24) is 4.90 Å². The summed E-state index contributed by atoms with van der Waals surface area (Å²) in [5.41, 5.74) is 1.57. The largest absolute Gasteiger partial charge is 0.481 e. The molecule has 1 aromatic carbocycles. The molecule has 0 unspecified atom stereocenters. The molecule has 0 aliphatic carbocycles. The minimum atomic E-state index is -0.998. The van der Waals surface area contributed by atoms with Crippen molar-refractivity contribution in [3.05, 3.63) is 29.8 Å². The van der Waals surface area contributed by atoms with Crippen LogP contribution in [0.5, 0.6) is 0 Å². The van der Waals surface area contributed by atoms with Crippen molar-refractivity contribution < 1.29 is 24.2 Å². The zero-order valence-electron chi connectivity index (χ0n) is 12.9. The van der Waals surface area contributed by atoms with Crippen molar-refractivity contribution in [3.63, 3.8) is 0 Å². The number of carboxylic acids is 1. The van der Waals surface area contributed by atoms with Crippen LogP contribution in [0.4, 0.5) is 5.69 Å². The molecule has 2 N–H and O–H groups in total. The molecule has 23 heavy (non-hydrogen) atoms. The highest BCUT2D eigenvalue weighted by Crippen LogP contribution is 2.15. The van der Waals surface area contributed by atoms with Crippen LogP contribution < -0.4 is 5.32 Å². The summed E-state index contributed by atoms with van der Waals surface area (Å²) in [4.78, 5) is 36.6. The summed E-state index contributed by atoms with van der Waals surface area (Å²) in [6.45, 7) is 2.69. The Morgan fingerprint density at radius 1 is 1.35 bits per heavy atom. The predicted molar refractivity (Wildman–Crippen MR) is 83.0 cm³/mol. The lowest BCUT2D eigenvalue weighted by Crippen LogP contribution is -2.50. The molecule has 124 valence electrons. The molecule has 0 bridgehead atoms. The van der Waals surface area contributed by atoms with Crippen molar-refractivity contribution in [3.8, 4) is 0 Å². The van der Waals surface area contributed by atoms with Crippen LogP contribution in [0.3, 0.4) is 0 Å². The first-order valence-corrected chi connectivity index (χ1v) is 7.42. The van der Waals surface area contributed by atoms with Crippen LogP contribution in [-0.4, -0.2) is 53.6 Å². The van der Waals surface area contributed by atoms with Gasteiger partial charge >= 0.3 is 5.97 Å². The predicted octanol–water partition coefficient (Wildman–Crippen LogP) is 1.03. The molecular weight excluding hydrogens is 300 g/mol. The van der Waals surface area contributed by atoms with Gasteiger partial charge in [0.15, 0.2) is 0 Å². The molecule has 2 rings (SSSR count). The Hall–Kier alpha value is -2.41. The second-order valence-corrected chi connectivity index (χ2v) is 5.45. The molecule has 1 aliphatic rings.